The summed E-state index contributed by atoms with van der Waals surface area (Å²) < 4.78 is 0. The molecular weight excluding hydrogens is 605 g/mol. The van der Waals surface area contributed by atoms with Gasteiger partial charge in [-0.1, -0.05) is 96.0 Å². The number of hydrogen-bond donors (Lipinski definition) is 2. The van der Waals surface area contributed by atoms with E-state index in [-0.39, 0.29) is 23.2 Å². The van der Waals surface area contributed by atoms with Crippen LogP contribution in [0.5, 0.6) is 0 Å². The number of carbonyl (C=O) groups is 2. The summed E-state index contributed by atoms with van der Waals surface area (Å²) in [5, 5.41) is 6.45. The van der Waals surface area contributed by atoms with Gasteiger partial charge in [-0.2, -0.15) is 0 Å². The van der Waals surface area contributed by atoms with Crippen molar-refractivity contribution in [2.24, 2.45) is 0 Å². The molecule has 0 spiro atoms. The van der Waals surface area contributed by atoms with E-state index in [2.05, 4.69) is 22.8 Å². The summed E-state index contributed by atoms with van der Waals surface area (Å²) in [5.41, 5.74) is 2.84. The Kier molecular flexibility index (Phi) is 8.63. The number of nitrogens with one attached hydrogen (secondary N) is 2. The predicted octanol–water partition coefficient (Wildman–Crippen LogP) is 9.47. The van der Waals surface area contributed by atoms with Gasteiger partial charge in [0.2, 0.25) is 5.91 Å². The topological polar surface area (TPSA) is 61.4 Å². The van der Waals surface area contributed by atoms with Gasteiger partial charge < -0.3 is 10.6 Å². The summed E-state index contributed by atoms with van der Waals surface area (Å²) in [6.45, 7) is 0. The lowest BCUT2D eigenvalue weighted by atomic mass is 10.1. The Bertz CT molecular complexity index is 1700. The van der Waals surface area contributed by atoms with E-state index in [1.807, 2.05) is 95.9 Å². The standard InChI is InChI=1S/C33H25Cl2N3O2S2/c34-22-17-18-26(25(35)19-22)37-32(39)31(21-9-2-1-3-10-21)41-24-12-8-11-23(20-24)36-33(40)38-27-13-4-6-15-29(27)42-30-16-7-5-14-28(30)38/h1-20,27,29,31H,(H,36,40)(H,37,39). The molecule has 1 aliphatic heterocycles. The number of hydrogen-bond acceptors (Lipinski definition) is 4. The number of carbonyl (C=O) groups excluding carboxylic acids is 2. The third-order valence-electron chi connectivity index (χ3n) is 6.83. The van der Waals surface area contributed by atoms with Crippen LogP contribution in [0.15, 0.2) is 131 Å². The lowest BCUT2D eigenvalue weighted by Gasteiger charge is -2.40. The van der Waals surface area contributed by atoms with Crippen molar-refractivity contribution in [1.29, 1.82) is 0 Å². The van der Waals surface area contributed by atoms with E-state index in [1.165, 1.54) is 11.8 Å². The molecule has 3 amide bonds. The van der Waals surface area contributed by atoms with Crippen LogP contribution in [0.1, 0.15) is 10.8 Å². The van der Waals surface area contributed by atoms with Gasteiger partial charge in [-0.15, -0.1) is 23.5 Å². The molecule has 0 saturated carbocycles. The van der Waals surface area contributed by atoms with Gasteiger partial charge in [0.25, 0.3) is 0 Å². The number of amides is 3. The Morgan fingerprint density at radius 2 is 1.62 bits per heavy atom. The van der Waals surface area contributed by atoms with Crippen molar-refractivity contribution in [2.45, 2.75) is 26.3 Å². The van der Waals surface area contributed by atoms with Crippen LogP contribution in [0, 0.1) is 0 Å². The first-order valence-electron chi connectivity index (χ1n) is 13.2. The van der Waals surface area contributed by atoms with E-state index in [1.54, 1.807) is 30.0 Å². The molecule has 9 heteroatoms. The van der Waals surface area contributed by atoms with Gasteiger partial charge in [0, 0.05) is 20.5 Å². The highest BCUT2D eigenvalue weighted by Crippen LogP contribution is 2.44. The second-order valence-corrected chi connectivity index (χ2v) is 12.9. The van der Waals surface area contributed by atoms with Crippen molar-refractivity contribution in [3.05, 3.63) is 137 Å². The number of allylic oxidation sites excluding steroid dienone is 2. The van der Waals surface area contributed by atoms with Crippen molar-refractivity contribution < 1.29 is 9.59 Å². The zero-order chi connectivity index (χ0) is 29.1. The third kappa shape index (κ3) is 6.25. The zero-order valence-electron chi connectivity index (χ0n) is 22.1. The highest BCUT2D eigenvalue weighted by molar-refractivity contribution is 8.00. The highest BCUT2D eigenvalue weighted by Gasteiger charge is 2.36. The van der Waals surface area contributed by atoms with Crippen LogP contribution in [0.4, 0.5) is 21.9 Å². The molecule has 4 aromatic carbocycles. The van der Waals surface area contributed by atoms with Crippen LogP contribution < -0.4 is 15.5 Å². The normalized spacial score (nSPS) is 17.6. The van der Waals surface area contributed by atoms with Crippen LogP contribution in [0.25, 0.3) is 0 Å². The summed E-state index contributed by atoms with van der Waals surface area (Å²) in [6.07, 6.45) is 8.21. The van der Waals surface area contributed by atoms with E-state index in [0.29, 0.717) is 21.4 Å². The molecule has 3 atom stereocenters. The van der Waals surface area contributed by atoms with Crippen LogP contribution in [0.2, 0.25) is 10.0 Å². The fourth-order valence-corrected chi connectivity index (χ4v) is 7.68. The summed E-state index contributed by atoms with van der Waals surface area (Å²) in [4.78, 5) is 31.0. The molecular formula is C33H25Cl2N3O2S2. The molecule has 2 aliphatic rings. The number of urea groups is 1. The van der Waals surface area contributed by atoms with E-state index in [9.17, 15) is 9.59 Å². The van der Waals surface area contributed by atoms with Gasteiger partial charge in [-0.25, -0.2) is 4.79 Å². The second-order valence-electron chi connectivity index (χ2n) is 9.66. The number of nitrogens with zero attached hydrogens (tertiary/aromatic N) is 1. The predicted molar refractivity (Wildman–Crippen MR) is 176 cm³/mol. The van der Waals surface area contributed by atoms with E-state index in [4.69, 9.17) is 23.2 Å². The van der Waals surface area contributed by atoms with Crippen molar-refractivity contribution in [3.8, 4) is 0 Å². The second kappa shape index (κ2) is 12.7. The largest absolute Gasteiger partial charge is 0.326 e. The van der Waals surface area contributed by atoms with Crippen LogP contribution in [-0.2, 0) is 4.79 Å². The van der Waals surface area contributed by atoms with E-state index < -0.39 is 5.25 Å². The average Bonchev–Trinajstić information content (AvgIpc) is 3.00. The molecule has 42 heavy (non-hydrogen) atoms. The van der Waals surface area contributed by atoms with Gasteiger partial charge in [0.05, 0.1) is 27.7 Å². The first-order chi connectivity index (χ1) is 20.5. The molecule has 0 aromatic heterocycles. The Hall–Kier alpha value is -3.62. The highest BCUT2D eigenvalue weighted by atomic mass is 35.5. The van der Waals surface area contributed by atoms with Gasteiger partial charge in [0.15, 0.2) is 0 Å². The maximum absolute atomic E-state index is 13.8. The molecule has 0 fully saturated rings. The molecule has 0 radical (unpaired) electrons. The number of anilines is 3. The number of para-hydroxylation sites is 1. The minimum absolute atomic E-state index is 0.0988. The minimum Gasteiger partial charge on any atom is -0.323 e. The van der Waals surface area contributed by atoms with Gasteiger partial charge in [0.1, 0.15) is 5.25 Å². The fraction of sp³-hybridized carbons (Fsp3) is 0.0909. The maximum atomic E-state index is 13.8. The molecule has 1 heterocycles. The zero-order valence-corrected chi connectivity index (χ0v) is 25.3. The Morgan fingerprint density at radius 1 is 0.833 bits per heavy atom. The van der Waals surface area contributed by atoms with Gasteiger partial charge in [-0.05, 0) is 54.1 Å². The Balaban J connectivity index is 1.24. The van der Waals surface area contributed by atoms with Crippen LogP contribution in [0.3, 0.4) is 0 Å². The van der Waals surface area contributed by atoms with Crippen molar-refractivity contribution in [3.63, 3.8) is 0 Å². The minimum atomic E-state index is -0.574. The first-order valence-corrected chi connectivity index (χ1v) is 15.8. The quantitative estimate of drug-likeness (QED) is 0.208. The molecule has 0 bridgehead atoms. The fourth-order valence-electron chi connectivity index (χ4n) is 4.88. The number of thioether (sulfide) groups is 2. The molecule has 210 valence electrons. The summed E-state index contributed by atoms with van der Waals surface area (Å²) in [5.74, 6) is -0.226. The van der Waals surface area contributed by atoms with Gasteiger partial charge >= 0.3 is 6.03 Å². The smallest absolute Gasteiger partial charge is 0.323 e. The SMILES string of the molecule is O=C(Nc1ccc(Cl)cc1Cl)C(Sc1cccc(NC(=O)N2c3ccccc3SC3C=CC=CC32)c1)c1ccccc1. The molecule has 3 unspecified atom stereocenters. The summed E-state index contributed by atoms with van der Waals surface area (Å²) in [6, 6.07) is 29.7. The van der Waals surface area contributed by atoms with Crippen LogP contribution >= 0.6 is 46.7 Å². The lowest BCUT2D eigenvalue weighted by Crippen LogP contribution is -2.49. The van der Waals surface area contributed by atoms with Crippen LogP contribution in [-0.4, -0.2) is 23.2 Å². The van der Waals surface area contributed by atoms with E-state index in [0.717, 1.165) is 21.0 Å². The molecule has 4 aromatic rings. The first kappa shape index (κ1) is 28.5. The number of rotatable bonds is 6. The average molecular weight is 631 g/mol. The molecule has 1 aliphatic carbocycles. The molecule has 2 N–H and O–H groups in total. The lowest BCUT2D eigenvalue weighted by molar-refractivity contribution is -0.115. The van der Waals surface area contributed by atoms with E-state index >= 15 is 0 Å². The number of halogens is 2. The molecule has 0 saturated heterocycles. The third-order valence-corrected chi connectivity index (χ3v) is 9.93. The summed E-state index contributed by atoms with van der Waals surface area (Å²) >= 11 is 15.5. The monoisotopic (exact) mass is 629 g/mol. The van der Waals surface area contributed by atoms with Crippen molar-refractivity contribution >= 4 is 75.7 Å². The van der Waals surface area contributed by atoms with Crippen molar-refractivity contribution in [2.75, 3.05) is 15.5 Å². The molecule has 6 rings (SSSR count). The Labute approximate surface area is 263 Å². The number of benzene rings is 4. The Morgan fingerprint density at radius 3 is 2.45 bits per heavy atom. The molecule has 5 nitrogen and oxygen atoms in total. The van der Waals surface area contributed by atoms with Gasteiger partial charge in [-0.3, -0.25) is 9.69 Å². The van der Waals surface area contributed by atoms with Crippen molar-refractivity contribution in [1.82, 2.24) is 0 Å². The number of fused-ring (bicyclic) bond motifs is 2. The maximum Gasteiger partial charge on any atom is 0.326 e. The summed E-state index contributed by atoms with van der Waals surface area (Å²) in [7, 11) is 0.